The number of benzene rings is 1. The maximum atomic E-state index is 12.7. The number of hydrogen-bond donors (Lipinski definition) is 2. The molecule has 0 radical (unpaired) electrons. The summed E-state index contributed by atoms with van der Waals surface area (Å²) in [5.41, 5.74) is 3.13. The van der Waals surface area contributed by atoms with Crippen LogP contribution in [-0.2, 0) is 0 Å². The van der Waals surface area contributed by atoms with Gasteiger partial charge in [-0.2, -0.15) is 0 Å². The number of H-pyrrole nitrogens is 1. The van der Waals surface area contributed by atoms with Gasteiger partial charge in [0.15, 0.2) is 0 Å². The summed E-state index contributed by atoms with van der Waals surface area (Å²) in [6.45, 7) is 6.24. The van der Waals surface area contributed by atoms with Gasteiger partial charge in [-0.3, -0.25) is 4.79 Å². The van der Waals surface area contributed by atoms with Crippen LogP contribution in [0.3, 0.4) is 0 Å². The number of aromatic nitrogens is 2. The molecule has 0 unspecified atom stereocenters. The van der Waals surface area contributed by atoms with E-state index in [0.717, 1.165) is 10.4 Å². The van der Waals surface area contributed by atoms with Crippen molar-refractivity contribution in [2.75, 3.05) is 0 Å². The molecule has 0 aliphatic rings. The fraction of sp³-hybridized carbons (Fsp3) is 0.238. The van der Waals surface area contributed by atoms with Crippen LogP contribution in [-0.4, -0.2) is 9.97 Å². The summed E-state index contributed by atoms with van der Waals surface area (Å²) >= 11 is 1.46. The minimum Gasteiger partial charge on any atom is -0.464 e. The molecule has 2 N–H and O–H groups in total. The Hall–Kier alpha value is -2.70. The third-order valence-corrected chi connectivity index (χ3v) is 5.69. The lowest BCUT2D eigenvalue weighted by Gasteiger charge is -2.21. The highest BCUT2D eigenvalue weighted by Gasteiger charge is 2.18. The summed E-state index contributed by atoms with van der Waals surface area (Å²) in [4.78, 5) is 21.1. The zero-order valence-electron chi connectivity index (χ0n) is 15.4. The highest BCUT2D eigenvalue weighted by Crippen LogP contribution is 2.31. The molecule has 1 aromatic carbocycles. The largest absolute Gasteiger partial charge is 0.464 e. The molecule has 3 aromatic heterocycles. The first kappa shape index (κ1) is 17.7. The van der Waals surface area contributed by atoms with E-state index in [9.17, 15) is 4.79 Å². The zero-order valence-corrected chi connectivity index (χ0v) is 16.3. The first-order valence-electron chi connectivity index (χ1n) is 8.91. The number of nitrogens with zero attached hydrogens (tertiary/aromatic N) is 1. The molecule has 4 aromatic rings. The van der Waals surface area contributed by atoms with Crippen LogP contribution in [0.5, 0.6) is 0 Å². The predicted octanol–water partition coefficient (Wildman–Crippen LogP) is 4.96. The van der Waals surface area contributed by atoms with Gasteiger partial charge < -0.3 is 14.7 Å². The molecular weight excluding hydrogens is 358 g/mol. The number of nitrogens with one attached hydrogen (secondary N) is 2. The van der Waals surface area contributed by atoms with Crippen molar-refractivity contribution in [3.05, 3.63) is 75.3 Å². The highest BCUT2D eigenvalue weighted by molar-refractivity contribution is 7.17. The molecule has 0 aliphatic carbocycles. The van der Waals surface area contributed by atoms with Gasteiger partial charge in [-0.1, -0.05) is 24.3 Å². The van der Waals surface area contributed by atoms with Crippen molar-refractivity contribution in [3.63, 3.8) is 0 Å². The smallest absolute Gasteiger partial charge is 0.260 e. The quantitative estimate of drug-likeness (QED) is 0.514. The molecule has 3 heterocycles. The molecule has 0 amide bonds. The molecule has 0 bridgehead atoms. The van der Waals surface area contributed by atoms with Crippen molar-refractivity contribution in [3.8, 4) is 11.3 Å². The Labute approximate surface area is 161 Å². The van der Waals surface area contributed by atoms with Crippen LogP contribution in [0, 0.1) is 6.92 Å². The summed E-state index contributed by atoms with van der Waals surface area (Å²) < 4.78 is 5.45. The van der Waals surface area contributed by atoms with Gasteiger partial charge in [0.25, 0.3) is 5.56 Å². The molecule has 0 aliphatic heterocycles. The standard InChI is InChI=1S/C21H21N3O2S/c1-12-7-4-5-8-15(12)13(2)22-14(3)19-23-20(25)18-16(11-27-21(18)24-19)17-9-6-10-26-17/h4-11,13-14,22H,1-3H3,(H,23,24,25)/t13-,14+/m1/s1. The molecule has 2 atom stereocenters. The van der Waals surface area contributed by atoms with Gasteiger partial charge in [-0.15, -0.1) is 11.3 Å². The molecule has 6 heteroatoms. The molecule has 5 nitrogen and oxygen atoms in total. The summed E-state index contributed by atoms with van der Waals surface area (Å²) in [5.74, 6) is 1.32. The Bertz CT molecular complexity index is 1130. The molecule has 4 rings (SSSR count). The van der Waals surface area contributed by atoms with E-state index in [1.54, 1.807) is 6.26 Å². The second-order valence-corrected chi connectivity index (χ2v) is 7.58. The van der Waals surface area contributed by atoms with E-state index in [0.29, 0.717) is 17.0 Å². The number of rotatable bonds is 5. The molecular formula is C21H21N3O2S. The predicted molar refractivity (Wildman–Crippen MR) is 109 cm³/mol. The van der Waals surface area contributed by atoms with Gasteiger partial charge in [0.2, 0.25) is 0 Å². The Morgan fingerprint density at radius 2 is 1.96 bits per heavy atom. The lowest BCUT2D eigenvalue weighted by molar-refractivity contribution is 0.475. The maximum Gasteiger partial charge on any atom is 0.260 e. The van der Waals surface area contributed by atoms with E-state index >= 15 is 0 Å². The number of aryl methyl sites for hydroxylation is 1. The molecule has 0 saturated carbocycles. The van der Waals surface area contributed by atoms with Crippen LogP contribution in [0.15, 0.2) is 57.3 Å². The summed E-state index contributed by atoms with van der Waals surface area (Å²) in [6, 6.07) is 12.0. The van der Waals surface area contributed by atoms with Gasteiger partial charge in [0.1, 0.15) is 16.4 Å². The SMILES string of the molecule is Cc1ccccc1[C@@H](C)N[C@@H](C)c1nc2scc(-c3ccco3)c2c(=O)[nH]1. The van der Waals surface area contributed by atoms with Crippen molar-refractivity contribution < 1.29 is 4.42 Å². The summed E-state index contributed by atoms with van der Waals surface area (Å²) in [6.07, 6.45) is 1.60. The minimum absolute atomic E-state index is 0.0918. The summed E-state index contributed by atoms with van der Waals surface area (Å²) in [5, 5.41) is 6.03. The molecule has 27 heavy (non-hydrogen) atoms. The van der Waals surface area contributed by atoms with Crippen molar-refractivity contribution >= 4 is 21.6 Å². The third-order valence-electron chi connectivity index (χ3n) is 4.81. The van der Waals surface area contributed by atoms with Crippen LogP contribution in [0.2, 0.25) is 0 Å². The fourth-order valence-corrected chi connectivity index (χ4v) is 4.34. The normalized spacial score (nSPS) is 13.7. The number of aromatic amines is 1. The lowest BCUT2D eigenvalue weighted by Crippen LogP contribution is -2.26. The lowest BCUT2D eigenvalue weighted by atomic mass is 10.0. The number of furan rings is 1. The first-order valence-corrected chi connectivity index (χ1v) is 9.79. The van der Waals surface area contributed by atoms with Gasteiger partial charge in [-0.05, 0) is 44.0 Å². The highest BCUT2D eigenvalue weighted by atomic mass is 32.1. The van der Waals surface area contributed by atoms with Crippen LogP contribution in [0.25, 0.3) is 21.5 Å². The number of hydrogen-bond acceptors (Lipinski definition) is 5. The van der Waals surface area contributed by atoms with Crippen LogP contribution in [0.4, 0.5) is 0 Å². The average molecular weight is 379 g/mol. The average Bonchev–Trinajstić information content (AvgIpc) is 3.31. The maximum absolute atomic E-state index is 12.7. The Morgan fingerprint density at radius 3 is 2.70 bits per heavy atom. The topological polar surface area (TPSA) is 70.9 Å². The van der Waals surface area contributed by atoms with Crippen molar-refractivity contribution in [1.82, 2.24) is 15.3 Å². The Balaban J connectivity index is 1.64. The molecule has 0 fully saturated rings. The van der Waals surface area contributed by atoms with Crippen LogP contribution < -0.4 is 10.9 Å². The van der Waals surface area contributed by atoms with Crippen molar-refractivity contribution in [2.45, 2.75) is 32.9 Å². The van der Waals surface area contributed by atoms with Gasteiger partial charge >= 0.3 is 0 Å². The minimum atomic E-state index is -0.139. The van der Waals surface area contributed by atoms with Gasteiger partial charge in [0, 0.05) is 17.0 Å². The van der Waals surface area contributed by atoms with E-state index in [1.807, 2.05) is 36.6 Å². The number of thiophene rings is 1. The van der Waals surface area contributed by atoms with Gasteiger partial charge in [-0.25, -0.2) is 4.98 Å². The summed E-state index contributed by atoms with van der Waals surface area (Å²) in [7, 11) is 0. The van der Waals surface area contributed by atoms with E-state index in [2.05, 4.69) is 36.3 Å². The second-order valence-electron chi connectivity index (χ2n) is 6.72. The van der Waals surface area contributed by atoms with Gasteiger partial charge in [0.05, 0.1) is 17.7 Å². The first-order chi connectivity index (χ1) is 13.0. The Morgan fingerprint density at radius 1 is 1.15 bits per heavy atom. The molecule has 0 spiro atoms. The number of fused-ring (bicyclic) bond motifs is 1. The van der Waals surface area contributed by atoms with Crippen molar-refractivity contribution in [2.24, 2.45) is 0 Å². The Kier molecular flexibility index (Phi) is 4.68. The van der Waals surface area contributed by atoms with E-state index in [-0.39, 0.29) is 17.6 Å². The van der Waals surface area contributed by atoms with Crippen molar-refractivity contribution in [1.29, 1.82) is 0 Å². The van der Waals surface area contributed by atoms with E-state index in [1.165, 1.54) is 22.5 Å². The van der Waals surface area contributed by atoms with E-state index < -0.39 is 0 Å². The zero-order chi connectivity index (χ0) is 19.0. The third kappa shape index (κ3) is 3.34. The molecule has 138 valence electrons. The fourth-order valence-electron chi connectivity index (χ4n) is 3.40. The monoisotopic (exact) mass is 379 g/mol. The van der Waals surface area contributed by atoms with Crippen LogP contribution in [0.1, 0.15) is 42.9 Å². The second kappa shape index (κ2) is 7.13. The molecule has 0 saturated heterocycles. The van der Waals surface area contributed by atoms with E-state index in [4.69, 9.17) is 9.40 Å². The van der Waals surface area contributed by atoms with Crippen LogP contribution >= 0.6 is 11.3 Å².